The van der Waals surface area contributed by atoms with Gasteiger partial charge in [-0.05, 0) is 25.0 Å². The normalized spacial score (nSPS) is 17.9. The highest BCUT2D eigenvalue weighted by Crippen LogP contribution is 2.53. The molecular weight excluding hydrogens is 248 g/mol. The van der Waals surface area contributed by atoms with Gasteiger partial charge in [0.25, 0.3) is 0 Å². The van der Waals surface area contributed by atoms with E-state index in [1.54, 1.807) is 6.07 Å². The zero-order valence-corrected chi connectivity index (χ0v) is 9.34. The van der Waals surface area contributed by atoms with Crippen LogP contribution in [0.2, 0.25) is 0 Å². The molecule has 1 saturated carbocycles. The number of hydrogen-bond acceptors (Lipinski definition) is 3. The third kappa shape index (κ3) is 1.38. The quantitative estimate of drug-likeness (QED) is 0.855. The van der Waals surface area contributed by atoms with E-state index in [0.717, 1.165) is 4.47 Å². The molecule has 2 rings (SSSR count). The highest BCUT2D eigenvalue weighted by Gasteiger charge is 2.46. The van der Waals surface area contributed by atoms with Crippen LogP contribution < -0.4 is 4.74 Å². The number of benzene rings is 1. The average Bonchev–Trinajstić information content (AvgIpc) is 2.88. The average molecular weight is 259 g/mol. The molecule has 0 aliphatic heterocycles. The Labute approximate surface area is 90.5 Å². The second-order valence-electron chi connectivity index (χ2n) is 3.51. The van der Waals surface area contributed by atoms with Crippen LogP contribution in [-0.2, 0) is 5.60 Å². The van der Waals surface area contributed by atoms with Crippen molar-refractivity contribution in [3.05, 3.63) is 22.2 Å². The molecule has 2 N–H and O–H groups in total. The lowest BCUT2D eigenvalue weighted by Gasteiger charge is -2.16. The minimum atomic E-state index is -0.817. The van der Waals surface area contributed by atoms with Crippen LogP contribution in [-0.4, -0.2) is 17.3 Å². The van der Waals surface area contributed by atoms with Gasteiger partial charge in [0.15, 0.2) is 11.5 Å². The van der Waals surface area contributed by atoms with Crippen molar-refractivity contribution in [2.24, 2.45) is 0 Å². The molecule has 0 heterocycles. The van der Waals surface area contributed by atoms with E-state index in [1.165, 1.54) is 13.2 Å². The molecule has 1 aliphatic rings. The zero-order chi connectivity index (χ0) is 10.3. The summed E-state index contributed by atoms with van der Waals surface area (Å²) in [7, 11) is 1.48. The highest BCUT2D eigenvalue weighted by atomic mass is 79.9. The molecule has 1 aliphatic carbocycles. The topological polar surface area (TPSA) is 49.7 Å². The lowest BCUT2D eigenvalue weighted by Crippen LogP contribution is -2.07. The summed E-state index contributed by atoms with van der Waals surface area (Å²) in [5, 5.41) is 19.5. The van der Waals surface area contributed by atoms with E-state index < -0.39 is 5.60 Å². The molecule has 0 amide bonds. The number of phenols is 1. The number of methoxy groups -OCH3 is 1. The number of phenolic OH excluding ortho intramolecular Hbond substituents is 1. The smallest absolute Gasteiger partial charge is 0.167 e. The predicted molar refractivity (Wildman–Crippen MR) is 55.5 cm³/mol. The van der Waals surface area contributed by atoms with E-state index in [-0.39, 0.29) is 5.75 Å². The molecule has 1 aromatic rings. The van der Waals surface area contributed by atoms with Gasteiger partial charge in [0.1, 0.15) is 0 Å². The van der Waals surface area contributed by atoms with Crippen molar-refractivity contribution >= 4 is 15.9 Å². The third-order valence-corrected chi connectivity index (χ3v) is 3.14. The largest absolute Gasteiger partial charge is 0.504 e. The molecule has 14 heavy (non-hydrogen) atoms. The van der Waals surface area contributed by atoms with Crippen LogP contribution in [0.15, 0.2) is 16.6 Å². The first kappa shape index (κ1) is 9.80. The van der Waals surface area contributed by atoms with Crippen LogP contribution in [0, 0.1) is 0 Å². The Balaban J connectivity index is 2.60. The molecule has 0 aromatic heterocycles. The molecular formula is C10H11BrO3. The number of aromatic hydroxyl groups is 1. The van der Waals surface area contributed by atoms with Gasteiger partial charge in [-0.1, -0.05) is 15.9 Å². The number of hydrogen-bond donors (Lipinski definition) is 2. The molecule has 0 atom stereocenters. The number of halogens is 1. The SMILES string of the molecule is COc1c(O)ccc(Br)c1C1(O)CC1. The van der Waals surface area contributed by atoms with Gasteiger partial charge in [-0.25, -0.2) is 0 Å². The second kappa shape index (κ2) is 3.14. The van der Waals surface area contributed by atoms with Gasteiger partial charge in [-0.2, -0.15) is 0 Å². The first-order valence-electron chi connectivity index (χ1n) is 4.37. The molecule has 3 nitrogen and oxygen atoms in total. The van der Waals surface area contributed by atoms with Crippen molar-refractivity contribution in [1.82, 2.24) is 0 Å². The molecule has 76 valence electrons. The fraction of sp³-hybridized carbons (Fsp3) is 0.400. The van der Waals surface area contributed by atoms with Crippen molar-refractivity contribution in [3.63, 3.8) is 0 Å². The van der Waals surface area contributed by atoms with E-state index in [4.69, 9.17) is 4.74 Å². The maximum absolute atomic E-state index is 10.00. The highest BCUT2D eigenvalue weighted by molar-refractivity contribution is 9.10. The first-order valence-corrected chi connectivity index (χ1v) is 5.16. The Morgan fingerprint density at radius 2 is 2.07 bits per heavy atom. The van der Waals surface area contributed by atoms with E-state index in [0.29, 0.717) is 24.2 Å². The van der Waals surface area contributed by atoms with Crippen LogP contribution in [0.5, 0.6) is 11.5 Å². The van der Waals surface area contributed by atoms with Gasteiger partial charge in [-0.15, -0.1) is 0 Å². The molecule has 1 fully saturated rings. The third-order valence-electron chi connectivity index (χ3n) is 2.48. The Hall–Kier alpha value is -0.740. The zero-order valence-electron chi connectivity index (χ0n) is 7.75. The standard InChI is InChI=1S/C10H11BrO3/c1-14-9-7(12)3-2-6(11)8(9)10(13)4-5-10/h2-3,12-13H,4-5H2,1H3. The van der Waals surface area contributed by atoms with Gasteiger partial charge in [0.05, 0.1) is 12.7 Å². The fourth-order valence-corrected chi connectivity index (χ4v) is 2.24. The molecule has 0 spiro atoms. The van der Waals surface area contributed by atoms with E-state index in [1.807, 2.05) is 0 Å². The van der Waals surface area contributed by atoms with Gasteiger partial charge < -0.3 is 14.9 Å². The van der Waals surface area contributed by atoms with Crippen molar-refractivity contribution < 1.29 is 14.9 Å². The molecule has 0 unspecified atom stereocenters. The van der Waals surface area contributed by atoms with E-state index in [9.17, 15) is 10.2 Å². The second-order valence-corrected chi connectivity index (χ2v) is 4.36. The van der Waals surface area contributed by atoms with E-state index in [2.05, 4.69) is 15.9 Å². The Bertz CT molecular complexity index is 372. The Morgan fingerprint density at radius 3 is 2.57 bits per heavy atom. The molecule has 1 aromatic carbocycles. The van der Waals surface area contributed by atoms with Crippen LogP contribution >= 0.6 is 15.9 Å². The molecule has 0 bridgehead atoms. The lowest BCUT2D eigenvalue weighted by molar-refractivity contribution is 0.145. The Kier molecular flexibility index (Phi) is 2.20. The first-order chi connectivity index (χ1) is 6.58. The number of aliphatic hydroxyl groups is 1. The minimum Gasteiger partial charge on any atom is -0.504 e. The van der Waals surface area contributed by atoms with Crippen LogP contribution in [0.3, 0.4) is 0 Å². The van der Waals surface area contributed by atoms with Crippen molar-refractivity contribution in [2.45, 2.75) is 18.4 Å². The van der Waals surface area contributed by atoms with Gasteiger partial charge in [-0.3, -0.25) is 0 Å². The summed E-state index contributed by atoms with van der Waals surface area (Å²) < 4.78 is 5.85. The van der Waals surface area contributed by atoms with Crippen molar-refractivity contribution in [1.29, 1.82) is 0 Å². The fourth-order valence-electron chi connectivity index (χ4n) is 1.56. The molecule has 0 saturated heterocycles. The summed E-state index contributed by atoms with van der Waals surface area (Å²) in [6, 6.07) is 3.25. The van der Waals surface area contributed by atoms with Crippen LogP contribution in [0.4, 0.5) is 0 Å². The minimum absolute atomic E-state index is 0.0611. The number of ether oxygens (including phenoxy) is 1. The summed E-state index contributed by atoms with van der Waals surface area (Å²) in [5.41, 5.74) is -0.164. The summed E-state index contributed by atoms with van der Waals surface area (Å²) in [5.74, 6) is 0.422. The lowest BCUT2D eigenvalue weighted by atomic mass is 10.1. The van der Waals surface area contributed by atoms with Crippen molar-refractivity contribution in [2.75, 3.05) is 7.11 Å². The summed E-state index contributed by atoms with van der Waals surface area (Å²) in [6.07, 6.45) is 1.43. The van der Waals surface area contributed by atoms with Crippen LogP contribution in [0.1, 0.15) is 18.4 Å². The number of rotatable bonds is 2. The summed E-state index contributed by atoms with van der Waals surface area (Å²) in [6.45, 7) is 0. The molecule has 0 radical (unpaired) electrons. The van der Waals surface area contributed by atoms with Crippen LogP contribution in [0.25, 0.3) is 0 Å². The summed E-state index contributed by atoms with van der Waals surface area (Å²) in [4.78, 5) is 0. The maximum Gasteiger partial charge on any atom is 0.167 e. The van der Waals surface area contributed by atoms with Crippen molar-refractivity contribution in [3.8, 4) is 11.5 Å². The predicted octanol–water partition coefficient (Wildman–Crippen LogP) is 2.14. The van der Waals surface area contributed by atoms with Gasteiger partial charge >= 0.3 is 0 Å². The Morgan fingerprint density at radius 1 is 1.43 bits per heavy atom. The van der Waals surface area contributed by atoms with Gasteiger partial charge in [0.2, 0.25) is 0 Å². The van der Waals surface area contributed by atoms with Gasteiger partial charge in [0, 0.05) is 10.0 Å². The monoisotopic (exact) mass is 258 g/mol. The summed E-state index contributed by atoms with van der Waals surface area (Å²) >= 11 is 3.35. The van der Waals surface area contributed by atoms with E-state index >= 15 is 0 Å². The molecule has 4 heteroatoms. The maximum atomic E-state index is 10.00.